The van der Waals surface area contributed by atoms with Gasteiger partial charge in [-0.1, -0.05) is 0 Å². The van der Waals surface area contributed by atoms with Gasteiger partial charge in [0.15, 0.2) is 6.29 Å². The second-order valence-electron chi connectivity index (χ2n) is 1.11. The predicted molar refractivity (Wildman–Crippen MR) is 41.0 cm³/mol. The molecule has 0 amide bonds. The van der Waals surface area contributed by atoms with Crippen molar-refractivity contribution in [3.05, 3.63) is 0 Å². The molecule has 5 nitrogen and oxygen atoms in total. The van der Waals surface area contributed by atoms with Crippen LogP contribution in [-0.4, -0.2) is 54.7 Å². The summed E-state index contributed by atoms with van der Waals surface area (Å²) in [5, 5.41) is 29.2. The smallest absolute Gasteiger partial charge is 0.156 e. The molecule has 1 rings (SSSR count). The van der Waals surface area contributed by atoms with E-state index in [1.807, 2.05) is 0 Å². The summed E-state index contributed by atoms with van der Waals surface area (Å²) in [7, 11) is 3.00. The van der Waals surface area contributed by atoms with E-state index in [9.17, 15) is 0 Å². The molecule has 0 aromatic carbocycles. The third-order valence-electron chi connectivity index (χ3n) is 0.675. The minimum atomic E-state index is -0.435. The molecule has 6 heteroatoms. The maximum Gasteiger partial charge on any atom is 0.156 e. The largest absolute Gasteiger partial charge is 0.400 e. The number of hydrogen-bond acceptors (Lipinski definition) is 5. The monoisotopic (exact) mass is 218 g/mol. The van der Waals surface area contributed by atoms with Crippen molar-refractivity contribution in [3.63, 3.8) is 0 Å². The number of rotatable bonds is 0. The standard InChI is InChI=1S/C3H6O2.3CH4O.Ti/c4-3-1-2-5-3;3*1-2;/h3-4H,1-2H2;3*2H,1H3;. The SMILES string of the molecule is CO.CO.CO.OC1CCO1.[Ti]. The second-order valence-corrected chi connectivity index (χ2v) is 1.11. The summed E-state index contributed by atoms with van der Waals surface area (Å²) >= 11 is 0. The van der Waals surface area contributed by atoms with Gasteiger partial charge >= 0.3 is 0 Å². The molecule has 0 aromatic heterocycles. The minimum Gasteiger partial charge on any atom is -0.400 e. The average Bonchev–Trinajstić information content (AvgIpc) is 2.12. The third kappa shape index (κ3) is 22.4. The van der Waals surface area contributed by atoms with Crippen molar-refractivity contribution in [2.24, 2.45) is 0 Å². The minimum absolute atomic E-state index is 0. The molecule has 1 heterocycles. The van der Waals surface area contributed by atoms with Crippen molar-refractivity contribution in [1.29, 1.82) is 0 Å². The average molecular weight is 218 g/mol. The Morgan fingerprint density at radius 2 is 1.17 bits per heavy atom. The molecule has 1 aliphatic rings. The van der Waals surface area contributed by atoms with Crippen molar-refractivity contribution in [2.45, 2.75) is 12.7 Å². The van der Waals surface area contributed by atoms with Crippen LogP contribution in [0.1, 0.15) is 6.42 Å². The summed E-state index contributed by atoms with van der Waals surface area (Å²) in [4.78, 5) is 0. The van der Waals surface area contributed by atoms with Crippen molar-refractivity contribution in [2.75, 3.05) is 27.9 Å². The van der Waals surface area contributed by atoms with E-state index < -0.39 is 6.29 Å². The molecule has 0 radical (unpaired) electrons. The quantitative estimate of drug-likeness (QED) is 0.373. The van der Waals surface area contributed by atoms with Crippen LogP contribution >= 0.6 is 0 Å². The molecule has 0 saturated carbocycles. The molecule has 1 fully saturated rings. The van der Waals surface area contributed by atoms with Crippen molar-refractivity contribution in [3.8, 4) is 0 Å². The van der Waals surface area contributed by atoms with Crippen LogP contribution in [0, 0.1) is 0 Å². The summed E-state index contributed by atoms with van der Waals surface area (Å²) in [6, 6.07) is 0. The molecule has 0 bridgehead atoms. The van der Waals surface area contributed by atoms with Crippen molar-refractivity contribution < 1.29 is 46.9 Å². The number of ether oxygens (including phenoxy) is 1. The number of hydrogen-bond donors (Lipinski definition) is 4. The summed E-state index contributed by atoms with van der Waals surface area (Å²) < 4.78 is 4.49. The van der Waals surface area contributed by atoms with Crippen LogP contribution in [0.3, 0.4) is 0 Å². The zero-order valence-electron chi connectivity index (χ0n) is 7.69. The fourth-order valence-corrected chi connectivity index (χ4v) is 0.223. The van der Waals surface area contributed by atoms with Crippen LogP contribution in [0.2, 0.25) is 0 Å². The number of aliphatic hydroxyl groups excluding tert-OH is 4. The molecule has 1 atom stereocenters. The van der Waals surface area contributed by atoms with Crippen LogP contribution in [0.5, 0.6) is 0 Å². The Balaban J connectivity index is -0.0000000406. The molecule has 76 valence electrons. The second kappa shape index (κ2) is 30.0. The first-order valence-electron chi connectivity index (χ1n) is 3.03. The van der Waals surface area contributed by atoms with Crippen molar-refractivity contribution in [1.82, 2.24) is 0 Å². The third-order valence-corrected chi connectivity index (χ3v) is 0.675. The zero-order chi connectivity index (χ0) is 9.70. The van der Waals surface area contributed by atoms with Gasteiger partial charge in [-0.15, -0.1) is 0 Å². The first-order valence-corrected chi connectivity index (χ1v) is 3.03. The molecule has 12 heavy (non-hydrogen) atoms. The van der Waals surface area contributed by atoms with Gasteiger partial charge in [0, 0.05) is 49.5 Å². The zero-order valence-corrected chi connectivity index (χ0v) is 9.25. The van der Waals surface area contributed by atoms with Gasteiger partial charge < -0.3 is 25.2 Å². The fourth-order valence-electron chi connectivity index (χ4n) is 0.223. The molecular weight excluding hydrogens is 200 g/mol. The summed E-state index contributed by atoms with van der Waals surface area (Å²) in [5.74, 6) is 0. The van der Waals surface area contributed by atoms with Gasteiger partial charge in [0.2, 0.25) is 0 Å². The van der Waals surface area contributed by atoms with E-state index in [1.54, 1.807) is 0 Å². The summed E-state index contributed by atoms with van der Waals surface area (Å²) in [6.07, 6.45) is 0.384. The van der Waals surface area contributed by atoms with E-state index >= 15 is 0 Å². The van der Waals surface area contributed by atoms with Gasteiger partial charge in [-0.05, 0) is 0 Å². The normalized spacial score (nSPS) is 16.8. The maximum atomic E-state index is 8.23. The van der Waals surface area contributed by atoms with E-state index in [0.717, 1.165) is 34.4 Å². The molecule has 1 unspecified atom stereocenters. The van der Waals surface area contributed by atoms with Gasteiger partial charge in [0.05, 0.1) is 6.61 Å². The van der Waals surface area contributed by atoms with Gasteiger partial charge in [0.25, 0.3) is 0 Å². The molecule has 0 aliphatic carbocycles. The molecule has 0 spiro atoms. The molecule has 1 aliphatic heterocycles. The van der Waals surface area contributed by atoms with Gasteiger partial charge in [-0.25, -0.2) is 0 Å². The molecule has 4 N–H and O–H groups in total. The van der Waals surface area contributed by atoms with Crippen LogP contribution in [0.25, 0.3) is 0 Å². The molecule has 0 aromatic rings. The van der Waals surface area contributed by atoms with E-state index in [1.165, 1.54) is 0 Å². The van der Waals surface area contributed by atoms with E-state index in [-0.39, 0.29) is 21.7 Å². The van der Waals surface area contributed by atoms with Crippen molar-refractivity contribution >= 4 is 0 Å². The first kappa shape index (κ1) is 22.9. The Kier molecular flexibility index (Phi) is 57.2. The van der Waals surface area contributed by atoms with E-state index in [4.69, 9.17) is 20.4 Å². The fraction of sp³-hybridized carbons (Fsp3) is 1.00. The first-order chi connectivity index (χ1) is 5.39. The van der Waals surface area contributed by atoms with E-state index in [0.29, 0.717) is 0 Å². The summed E-state index contributed by atoms with van der Waals surface area (Å²) in [5.41, 5.74) is 0. The molecular formula is C6H18O5Ti. The Morgan fingerprint density at radius 1 is 1.00 bits per heavy atom. The van der Waals surface area contributed by atoms with Crippen LogP contribution in [0.15, 0.2) is 0 Å². The Labute approximate surface area is 87.9 Å². The Bertz CT molecular complexity index is 42.9. The summed E-state index contributed by atoms with van der Waals surface area (Å²) in [6.45, 7) is 0.737. The number of aliphatic hydroxyl groups is 4. The van der Waals surface area contributed by atoms with E-state index in [2.05, 4.69) is 4.74 Å². The van der Waals surface area contributed by atoms with Gasteiger partial charge in [-0.2, -0.15) is 0 Å². The Morgan fingerprint density at radius 3 is 1.17 bits per heavy atom. The molecule has 1 saturated heterocycles. The maximum absolute atomic E-state index is 8.23. The van der Waals surface area contributed by atoms with Gasteiger partial charge in [0.1, 0.15) is 0 Å². The Hall–Kier alpha value is 0.514. The van der Waals surface area contributed by atoms with Crippen LogP contribution in [0.4, 0.5) is 0 Å². The predicted octanol–water partition coefficient (Wildman–Crippen LogP) is -1.45. The van der Waals surface area contributed by atoms with Crippen LogP contribution in [-0.2, 0) is 26.5 Å². The topological polar surface area (TPSA) is 90.2 Å². The van der Waals surface area contributed by atoms with Gasteiger partial charge in [-0.3, -0.25) is 0 Å². The van der Waals surface area contributed by atoms with Crippen LogP contribution < -0.4 is 0 Å².